The van der Waals surface area contributed by atoms with Gasteiger partial charge in [0, 0.05) is 34.3 Å². The van der Waals surface area contributed by atoms with E-state index in [4.69, 9.17) is 27.9 Å². The fraction of sp³-hybridized carbons (Fsp3) is 0.150. The van der Waals surface area contributed by atoms with Crippen LogP contribution in [0.4, 0.5) is 10.2 Å². The topological polar surface area (TPSA) is 64.1 Å². The van der Waals surface area contributed by atoms with Crippen molar-refractivity contribution in [2.75, 3.05) is 19.0 Å². The maximum atomic E-state index is 13.9. The summed E-state index contributed by atoms with van der Waals surface area (Å²) in [4.78, 5) is 20.0. The molecular formula is C20H16Cl2FN3O2. The van der Waals surface area contributed by atoms with Gasteiger partial charge in [-0.05, 0) is 36.2 Å². The molecule has 1 heterocycles. The molecule has 0 fully saturated rings. The van der Waals surface area contributed by atoms with Gasteiger partial charge < -0.3 is 10.1 Å². The molecule has 1 aromatic heterocycles. The molecule has 28 heavy (non-hydrogen) atoms. The molecule has 0 radical (unpaired) electrons. The highest BCUT2D eigenvalue weighted by Crippen LogP contribution is 2.24. The number of hydrogen-bond donors (Lipinski definition) is 1. The van der Waals surface area contributed by atoms with Crippen molar-refractivity contribution in [1.29, 1.82) is 0 Å². The van der Waals surface area contributed by atoms with Crippen LogP contribution in [0.1, 0.15) is 15.9 Å². The van der Waals surface area contributed by atoms with E-state index in [1.165, 1.54) is 13.2 Å². The van der Waals surface area contributed by atoms with E-state index in [0.717, 1.165) is 0 Å². The summed E-state index contributed by atoms with van der Waals surface area (Å²) in [5.41, 5.74) is 2.04. The molecule has 0 aliphatic carbocycles. The van der Waals surface area contributed by atoms with Crippen LogP contribution in [-0.2, 0) is 6.42 Å². The van der Waals surface area contributed by atoms with Crippen molar-refractivity contribution in [2.24, 2.45) is 0 Å². The number of anilines is 1. The Morgan fingerprint density at radius 2 is 1.96 bits per heavy atom. The minimum Gasteiger partial charge on any atom is -0.467 e. The number of halogens is 3. The van der Waals surface area contributed by atoms with Crippen molar-refractivity contribution >= 4 is 34.3 Å². The van der Waals surface area contributed by atoms with Crippen LogP contribution in [0.5, 0.6) is 6.01 Å². The second-order valence-electron chi connectivity index (χ2n) is 5.86. The molecule has 5 nitrogen and oxygen atoms in total. The second-order valence-corrected chi connectivity index (χ2v) is 6.61. The van der Waals surface area contributed by atoms with Gasteiger partial charge in [-0.25, -0.2) is 4.39 Å². The molecule has 0 aliphatic rings. The summed E-state index contributed by atoms with van der Waals surface area (Å²) in [6.07, 6.45) is 0.378. The van der Waals surface area contributed by atoms with Gasteiger partial charge in [-0.2, -0.15) is 9.97 Å². The third-order valence-electron chi connectivity index (χ3n) is 4.02. The smallest absolute Gasteiger partial charge is 0.318 e. The van der Waals surface area contributed by atoms with Crippen LogP contribution < -0.4 is 10.1 Å². The number of methoxy groups -OCH3 is 1. The predicted octanol–water partition coefficient (Wildman–Crippen LogP) is 4.98. The quantitative estimate of drug-likeness (QED) is 0.547. The molecule has 0 unspecified atom stereocenters. The first-order valence-corrected chi connectivity index (χ1v) is 9.13. The Hall–Kier alpha value is -2.70. The molecule has 2 aromatic carbocycles. The van der Waals surface area contributed by atoms with Crippen LogP contribution in [-0.4, -0.2) is 28.9 Å². The van der Waals surface area contributed by atoms with Gasteiger partial charge in [0.15, 0.2) is 0 Å². The number of ether oxygens (including phenoxy) is 1. The van der Waals surface area contributed by atoms with E-state index in [2.05, 4.69) is 15.3 Å². The van der Waals surface area contributed by atoms with Crippen molar-refractivity contribution in [3.63, 3.8) is 0 Å². The van der Waals surface area contributed by atoms with E-state index in [-0.39, 0.29) is 11.8 Å². The third-order valence-corrected chi connectivity index (χ3v) is 4.59. The van der Waals surface area contributed by atoms with Gasteiger partial charge in [0.1, 0.15) is 11.6 Å². The summed E-state index contributed by atoms with van der Waals surface area (Å²) in [6, 6.07) is 13.2. The first kappa shape index (κ1) is 20.0. The van der Waals surface area contributed by atoms with E-state index >= 15 is 0 Å². The molecule has 0 saturated heterocycles. The molecule has 0 spiro atoms. The van der Waals surface area contributed by atoms with Gasteiger partial charge in [-0.1, -0.05) is 35.9 Å². The van der Waals surface area contributed by atoms with Crippen LogP contribution in [0.3, 0.4) is 0 Å². The average molecular weight is 420 g/mol. The molecule has 0 aliphatic heterocycles. The van der Waals surface area contributed by atoms with Crippen LogP contribution in [0.25, 0.3) is 11.3 Å². The highest BCUT2D eigenvalue weighted by molar-refractivity contribution is 6.67. The van der Waals surface area contributed by atoms with Crippen molar-refractivity contribution < 1.29 is 13.9 Å². The number of nitrogens with one attached hydrogen (secondary N) is 1. The zero-order chi connectivity index (χ0) is 20.1. The lowest BCUT2D eigenvalue weighted by atomic mass is 10.1. The number of rotatable bonds is 7. The molecule has 144 valence electrons. The van der Waals surface area contributed by atoms with Gasteiger partial charge in [0.2, 0.25) is 0 Å². The van der Waals surface area contributed by atoms with Gasteiger partial charge >= 0.3 is 6.01 Å². The van der Waals surface area contributed by atoms with E-state index < -0.39 is 5.24 Å². The van der Waals surface area contributed by atoms with Gasteiger partial charge in [-0.15, -0.1) is 0 Å². The largest absolute Gasteiger partial charge is 0.467 e. The van der Waals surface area contributed by atoms with Crippen molar-refractivity contribution in [3.8, 4) is 17.3 Å². The maximum absolute atomic E-state index is 13.9. The van der Waals surface area contributed by atoms with E-state index in [9.17, 15) is 9.18 Å². The summed E-state index contributed by atoms with van der Waals surface area (Å²) in [6.45, 7) is 0.403. The SMILES string of the molecule is COc1nc(NCCc2c(F)cccc2Cl)cc(-c2cccc(C(=O)Cl)c2)n1. The first-order chi connectivity index (χ1) is 13.5. The molecule has 0 atom stereocenters. The van der Waals surface area contributed by atoms with Crippen LogP contribution in [0.2, 0.25) is 5.02 Å². The molecule has 0 amide bonds. The molecule has 8 heteroatoms. The van der Waals surface area contributed by atoms with Crippen LogP contribution in [0.15, 0.2) is 48.5 Å². The summed E-state index contributed by atoms with van der Waals surface area (Å²) in [5.74, 6) is 0.148. The number of carbonyl (C=O) groups is 1. The Bertz CT molecular complexity index is 994. The highest BCUT2D eigenvalue weighted by Gasteiger charge is 2.11. The fourth-order valence-corrected chi connectivity index (χ4v) is 3.02. The minimum atomic E-state index is -0.553. The number of nitrogens with zero attached hydrogens (tertiary/aromatic N) is 2. The molecule has 1 N–H and O–H groups in total. The van der Waals surface area contributed by atoms with Crippen molar-refractivity contribution in [1.82, 2.24) is 9.97 Å². The van der Waals surface area contributed by atoms with Gasteiger partial charge in [-0.3, -0.25) is 4.79 Å². The lowest BCUT2D eigenvalue weighted by Gasteiger charge is -2.11. The number of hydrogen-bond acceptors (Lipinski definition) is 5. The zero-order valence-corrected chi connectivity index (χ0v) is 16.4. The molecule has 0 bridgehead atoms. The minimum absolute atomic E-state index is 0.159. The molecule has 3 rings (SSSR count). The Kier molecular flexibility index (Phi) is 6.44. The standard InChI is InChI=1S/C20H16Cl2FN3O2/c1-28-20-25-17(12-4-2-5-13(10-12)19(22)27)11-18(26-20)24-9-8-14-15(21)6-3-7-16(14)23/h2-7,10-11H,8-9H2,1H3,(H,24,25,26). The predicted molar refractivity (Wildman–Crippen MR) is 108 cm³/mol. The van der Waals surface area contributed by atoms with Crippen molar-refractivity contribution in [2.45, 2.75) is 6.42 Å². The number of carbonyl (C=O) groups excluding carboxylic acids is 1. The Labute approximate surface area is 171 Å². The average Bonchev–Trinajstić information content (AvgIpc) is 2.70. The number of benzene rings is 2. The Morgan fingerprint density at radius 1 is 1.18 bits per heavy atom. The van der Waals surface area contributed by atoms with Crippen LogP contribution in [0, 0.1) is 5.82 Å². The highest BCUT2D eigenvalue weighted by atomic mass is 35.5. The lowest BCUT2D eigenvalue weighted by Crippen LogP contribution is -2.09. The van der Waals surface area contributed by atoms with E-state index in [1.54, 1.807) is 42.5 Å². The van der Waals surface area contributed by atoms with Crippen LogP contribution >= 0.6 is 23.2 Å². The van der Waals surface area contributed by atoms with E-state index in [1.807, 2.05) is 0 Å². The fourth-order valence-electron chi connectivity index (χ4n) is 2.64. The normalized spacial score (nSPS) is 10.6. The zero-order valence-electron chi connectivity index (χ0n) is 14.9. The summed E-state index contributed by atoms with van der Waals surface area (Å²) < 4.78 is 19.0. The monoisotopic (exact) mass is 419 g/mol. The lowest BCUT2D eigenvalue weighted by molar-refractivity contribution is 0.108. The second kappa shape index (κ2) is 8.99. The first-order valence-electron chi connectivity index (χ1n) is 8.38. The van der Waals surface area contributed by atoms with Gasteiger partial charge in [0.05, 0.1) is 12.8 Å². The Morgan fingerprint density at radius 3 is 2.68 bits per heavy atom. The summed E-state index contributed by atoms with van der Waals surface area (Å²) >= 11 is 11.6. The van der Waals surface area contributed by atoms with Crippen molar-refractivity contribution in [3.05, 3.63) is 70.5 Å². The number of aromatic nitrogens is 2. The summed E-state index contributed by atoms with van der Waals surface area (Å²) in [5, 5.41) is 2.95. The molecular weight excluding hydrogens is 404 g/mol. The molecule has 3 aromatic rings. The third kappa shape index (κ3) is 4.77. The maximum Gasteiger partial charge on any atom is 0.318 e. The summed E-state index contributed by atoms with van der Waals surface area (Å²) in [7, 11) is 1.46. The van der Waals surface area contributed by atoms with Gasteiger partial charge in [0.25, 0.3) is 5.24 Å². The van der Waals surface area contributed by atoms with E-state index in [0.29, 0.717) is 46.2 Å². The molecule has 0 saturated carbocycles. The Balaban J connectivity index is 1.81.